The smallest absolute Gasteiger partial charge is 0.270 e. The van der Waals surface area contributed by atoms with E-state index in [0.29, 0.717) is 11.3 Å². The van der Waals surface area contributed by atoms with Crippen LogP contribution < -0.4 is 5.32 Å². The molecule has 1 aromatic carbocycles. The molecule has 0 saturated carbocycles. The van der Waals surface area contributed by atoms with E-state index in [-0.39, 0.29) is 24.3 Å². The van der Waals surface area contributed by atoms with Gasteiger partial charge in [0.2, 0.25) is 0 Å². The van der Waals surface area contributed by atoms with Gasteiger partial charge in [-0.3, -0.25) is 14.9 Å². The van der Waals surface area contributed by atoms with Gasteiger partial charge in [-0.15, -0.1) is 11.3 Å². The number of aromatic nitrogens is 1. The van der Waals surface area contributed by atoms with Gasteiger partial charge in [-0.05, 0) is 35.9 Å². The van der Waals surface area contributed by atoms with Gasteiger partial charge in [-0.1, -0.05) is 36.4 Å². The van der Waals surface area contributed by atoms with Crippen LogP contribution in [0.5, 0.6) is 0 Å². The third kappa shape index (κ3) is 4.08. The summed E-state index contributed by atoms with van der Waals surface area (Å²) in [4.78, 5) is 31.1. The van der Waals surface area contributed by atoms with Gasteiger partial charge in [0.1, 0.15) is 5.69 Å². The zero-order chi connectivity index (χ0) is 19.3. The van der Waals surface area contributed by atoms with Crippen molar-refractivity contribution in [2.75, 3.05) is 19.6 Å². The Hall–Kier alpha value is -2.70. The van der Waals surface area contributed by atoms with Crippen LogP contribution in [0.2, 0.25) is 0 Å². The topological polar surface area (TPSA) is 65.2 Å². The molecule has 1 saturated heterocycles. The van der Waals surface area contributed by atoms with Crippen molar-refractivity contribution in [3.8, 4) is 0 Å². The van der Waals surface area contributed by atoms with Crippen LogP contribution in [0, 0.1) is 0 Å². The summed E-state index contributed by atoms with van der Waals surface area (Å²) in [6, 6.07) is 15.8. The number of likely N-dealkylation sites (tertiary alicyclic amines) is 1. The highest BCUT2D eigenvalue weighted by molar-refractivity contribution is 7.10. The first-order valence-corrected chi connectivity index (χ1v) is 10.4. The molecule has 2 N–H and O–H groups in total. The van der Waals surface area contributed by atoms with Crippen LogP contribution >= 0.6 is 11.3 Å². The Kier molecular flexibility index (Phi) is 5.69. The maximum atomic E-state index is 12.7. The fraction of sp³-hybridized carbons (Fsp3) is 0.273. The van der Waals surface area contributed by atoms with Gasteiger partial charge in [0.25, 0.3) is 5.91 Å². The average molecular weight is 394 g/mol. The number of aromatic amines is 1. The second kappa shape index (κ2) is 8.54. The first kappa shape index (κ1) is 18.7. The number of carbonyl (C=O) groups excluding carboxylic acids is 2. The van der Waals surface area contributed by atoms with Crippen LogP contribution in [0.15, 0.2) is 60.1 Å². The molecule has 144 valence electrons. The Morgan fingerprint density at radius 1 is 1.11 bits per heavy atom. The Morgan fingerprint density at radius 2 is 1.89 bits per heavy atom. The summed E-state index contributed by atoms with van der Waals surface area (Å²) in [7, 11) is 0. The Labute approximate surface area is 168 Å². The predicted molar refractivity (Wildman–Crippen MR) is 111 cm³/mol. The van der Waals surface area contributed by atoms with Crippen molar-refractivity contribution in [1.29, 1.82) is 0 Å². The Bertz CT molecular complexity index is 928. The van der Waals surface area contributed by atoms with Crippen molar-refractivity contribution in [3.05, 3.63) is 81.8 Å². The first-order valence-electron chi connectivity index (χ1n) is 9.55. The predicted octanol–water partition coefficient (Wildman–Crippen LogP) is 3.87. The molecule has 0 aliphatic carbocycles. The van der Waals surface area contributed by atoms with Gasteiger partial charge in [0.05, 0.1) is 12.6 Å². The van der Waals surface area contributed by atoms with Crippen molar-refractivity contribution < 1.29 is 9.59 Å². The van der Waals surface area contributed by atoms with Crippen molar-refractivity contribution in [2.45, 2.75) is 18.9 Å². The molecule has 5 nitrogen and oxygen atoms in total. The molecule has 0 unspecified atom stereocenters. The van der Waals surface area contributed by atoms with Gasteiger partial charge in [0.15, 0.2) is 5.78 Å². The van der Waals surface area contributed by atoms with E-state index in [9.17, 15) is 9.59 Å². The molecule has 1 aliphatic rings. The number of rotatable bonds is 7. The Morgan fingerprint density at radius 3 is 2.61 bits per heavy atom. The minimum absolute atomic E-state index is 0.0229. The molecule has 0 spiro atoms. The van der Waals surface area contributed by atoms with Crippen LogP contribution in [-0.4, -0.2) is 41.2 Å². The van der Waals surface area contributed by atoms with Crippen molar-refractivity contribution in [3.63, 3.8) is 0 Å². The van der Waals surface area contributed by atoms with Gasteiger partial charge < -0.3 is 9.88 Å². The molecule has 1 aliphatic heterocycles. The highest BCUT2D eigenvalue weighted by atomic mass is 32.1. The number of H-pyrrole nitrogens is 1. The van der Waals surface area contributed by atoms with Gasteiger partial charge >= 0.3 is 0 Å². The molecule has 3 heterocycles. The number of nitrogens with zero attached hydrogens (tertiary/aromatic N) is 1. The zero-order valence-electron chi connectivity index (χ0n) is 15.6. The second-order valence-corrected chi connectivity index (χ2v) is 7.94. The number of hydrogen-bond acceptors (Lipinski definition) is 4. The standard InChI is InChI=1S/C22H23N3O2S/c26-19(17-13-18(23-14-17)22(27)25-10-4-5-11-25)15-24-21(20-9-6-12-28-20)16-7-2-1-3-8-16/h1-3,6-9,12-14,21,23-24H,4-5,10-11,15H2/t21-/m0/s1. The lowest BCUT2D eigenvalue weighted by atomic mass is 10.0. The van der Waals surface area contributed by atoms with E-state index in [1.54, 1.807) is 23.6 Å². The average Bonchev–Trinajstić information content (AvgIpc) is 3.51. The number of hydrogen-bond donors (Lipinski definition) is 2. The number of ketones is 1. The monoisotopic (exact) mass is 393 g/mol. The highest BCUT2D eigenvalue weighted by Gasteiger charge is 2.22. The number of benzene rings is 1. The molecule has 0 bridgehead atoms. The van der Waals surface area contributed by atoms with Gasteiger partial charge in [-0.2, -0.15) is 0 Å². The summed E-state index contributed by atoms with van der Waals surface area (Å²) in [5, 5.41) is 5.42. The third-order valence-electron chi connectivity index (χ3n) is 5.06. The summed E-state index contributed by atoms with van der Waals surface area (Å²) in [5.74, 6) is -0.0560. The van der Waals surface area contributed by atoms with Crippen LogP contribution in [-0.2, 0) is 0 Å². The summed E-state index contributed by atoms with van der Waals surface area (Å²) in [6.07, 6.45) is 3.73. The number of nitrogens with one attached hydrogen (secondary N) is 2. The molecule has 3 aromatic rings. The van der Waals surface area contributed by atoms with E-state index >= 15 is 0 Å². The first-order chi connectivity index (χ1) is 13.7. The SMILES string of the molecule is O=C(CN[C@@H](c1ccccc1)c1cccs1)c1c[nH]c(C(=O)N2CCCC2)c1. The van der Waals surface area contributed by atoms with E-state index in [1.165, 1.54) is 0 Å². The minimum atomic E-state index is -0.0331. The van der Waals surface area contributed by atoms with Crippen molar-refractivity contribution >= 4 is 23.0 Å². The second-order valence-electron chi connectivity index (χ2n) is 6.96. The molecule has 0 radical (unpaired) electrons. The fourth-order valence-electron chi connectivity index (χ4n) is 3.55. The normalized spacial score (nSPS) is 14.9. The fourth-order valence-corrected chi connectivity index (χ4v) is 4.38. The molecule has 28 heavy (non-hydrogen) atoms. The molecule has 6 heteroatoms. The van der Waals surface area contributed by atoms with Crippen LogP contribution in [0.4, 0.5) is 0 Å². The summed E-state index contributed by atoms with van der Waals surface area (Å²) >= 11 is 1.67. The van der Waals surface area contributed by atoms with E-state index in [1.807, 2.05) is 34.5 Å². The van der Waals surface area contributed by atoms with E-state index in [0.717, 1.165) is 36.4 Å². The van der Waals surface area contributed by atoms with Gasteiger partial charge in [-0.25, -0.2) is 0 Å². The lowest BCUT2D eigenvalue weighted by Gasteiger charge is -2.17. The summed E-state index contributed by atoms with van der Waals surface area (Å²) < 4.78 is 0. The zero-order valence-corrected chi connectivity index (χ0v) is 16.4. The highest BCUT2D eigenvalue weighted by Crippen LogP contribution is 2.26. The number of amides is 1. The van der Waals surface area contributed by atoms with Crippen molar-refractivity contribution in [1.82, 2.24) is 15.2 Å². The maximum absolute atomic E-state index is 12.7. The van der Waals surface area contributed by atoms with Crippen LogP contribution in [0.25, 0.3) is 0 Å². The molecule has 1 amide bonds. The van der Waals surface area contributed by atoms with Crippen molar-refractivity contribution in [2.24, 2.45) is 0 Å². The quantitative estimate of drug-likeness (QED) is 0.599. The number of Topliss-reactive ketones (excluding diaryl/α,β-unsaturated/α-hetero) is 1. The van der Waals surface area contributed by atoms with Gasteiger partial charge in [0, 0.05) is 29.7 Å². The van der Waals surface area contributed by atoms with E-state index in [4.69, 9.17) is 0 Å². The third-order valence-corrected chi connectivity index (χ3v) is 5.99. The number of thiophene rings is 1. The molecule has 2 aromatic heterocycles. The van der Waals surface area contributed by atoms with Crippen LogP contribution in [0.3, 0.4) is 0 Å². The lowest BCUT2D eigenvalue weighted by Crippen LogP contribution is -2.28. The lowest BCUT2D eigenvalue weighted by molar-refractivity contribution is 0.0787. The summed E-state index contributed by atoms with van der Waals surface area (Å²) in [5.41, 5.74) is 2.15. The maximum Gasteiger partial charge on any atom is 0.270 e. The van der Waals surface area contributed by atoms with Crippen LogP contribution in [0.1, 0.15) is 50.2 Å². The summed E-state index contributed by atoms with van der Waals surface area (Å²) in [6.45, 7) is 1.79. The Balaban J connectivity index is 1.43. The molecule has 1 atom stereocenters. The largest absolute Gasteiger partial charge is 0.356 e. The minimum Gasteiger partial charge on any atom is -0.356 e. The number of carbonyl (C=O) groups is 2. The van der Waals surface area contributed by atoms with E-state index in [2.05, 4.69) is 28.5 Å². The molecular formula is C22H23N3O2S. The van der Waals surface area contributed by atoms with E-state index < -0.39 is 0 Å². The molecule has 4 rings (SSSR count). The molecular weight excluding hydrogens is 370 g/mol. The molecule has 1 fully saturated rings.